The lowest BCUT2D eigenvalue weighted by atomic mass is 10.2. The number of nitrogens with zero attached hydrogens (tertiary/aromatic N) is 1. The van der Waals surface area contributed by atoms with Crippen LogP contribution in [0.2, 0.25) is 5.02 Å². The Balaban J connectivity index is 2.12. The highest BCUT2D eigenvalue weighted by Gasteiger charge is 2.04. The first-order chi connectivity index (χ1) is 9.47. The molecule has 0 fully saturated rings. The molecule has 0 heterocycles. The highest BCUT2D eigenvalue weighted by Crippen LogP contribution is 2.32. The molecule has 0 aromatic heterocycles. The van der Waals surface area contributed by atoms with Crippen LogP contribution in [0.4, 0.5) is 5.69 Å². The number of hydrogen-bond donors (Lipinski definition) is 2. The van der Waals surface area contributed by atoms with Gasteiger partial charge in [-0.3, -0.25) is 5.43 Å². The second-order valence-electron chi connectivity index (χ2n) is 4.17. The van der Waals surface area contributed by atoms with E-state index < -0.39 is 0 Å². The van der Waals surface area contributed by atoms with E-state index in [-0.39, 0.29) is 5.75 Å². The average Bonchev–Trinajstić information content (AvgIpc) is 2.40. The van der Waals surface area contributed by atoms with Crippen LogP contribution in [0.15, 0.2) is 44.4 Å². The molecule has 2 aromatic rings. The summed E-state index contributed by atoms with van der Waals surface area (Å²) in [5, 5.41) is 14.5. The zero-order valence-corrected chi connectivity index (χ0v) is 14.4. The van der Waals surface area contributed by atoms with Crippen molar-refractivity contribution in [1.82, 2.24) is 0 Å². The topological polar surface area (TPSA) is 44.6 Å². The van der Waals surface area contributed by atoms with Crippen molar-refractivity contribution in [3.8, 4) is 5.75 Å². The summed E-state index contributed by atoms with van der Waals surface area (Å²) in [4.78, 5) is 0. The molecule has 20 heavy (non-hydrogen) atoms. The van der Waals surface area contributed by atoms with Crippen molar-refractivity contribution < 1.29 is 5.11 Å². The molecule has 2 rings (SSSR count). The SMILES string of the molecule is Cc1ccc(NN=Cc2cc(Br)c(O)c(Br)c2)cc1Cl. The van der Waals surface area contributed by atoms with Crippen LogP contribution in [-0.4, -0.2) is 11.3 Å². The van der Waals surface area contributed by atoms with Gasteiger partial charge in [0.2, 0.25) is 0 Å². The first-order valence-corrected chi connectivity index (χ1v) is 7.67. The minimum absolute atomic E-state index is 0.167. The monoisotopic (exact) mass is 416 g/mol. The minimum Gasteiger partial charge on any atom is -0.506 e. The van der Waals surface area contributed by atoms with Gasteiger partial charge in [-0.25, -0.2) is 0 Å². The van der Waals surface area contributed by atoms with E-state index in [9.17, 15) is 5.11 Å². The molecule has 0 unspecified atom stereocenters. The van der Waals surface area contributed by atoms with Crippen LogP contribution in [0.1, 0.15) is 11.1 Å². The molecule has 0 aliphatic heterocycles. The van der Waals surface area contributed by atoms with Crippen molar-refractivity contribution in [1.29, 1.82) is 0 Å². The van der Waals surface area contributed by atoms with Crippen molar-refractivity contribution in [3.05, 3.63) is 55.4 Å². The zero-order valence-electron chi connectivity index (χ0n) is 10.5. The molecule has 0 spiro atoms. The number of halogens is 3. The van der Waals surface area contributed by atoms with E-state index in [1.165, 1.54) is 0 Å². The van der Waals surface area contributed by atoms with E-state index in [0.717, 1.165) is 16.8 Å². The molecular weight excluding hydrogens is 407 g/mol. The fraction of sp³-hybridized carbons (Fsp3) is 0.0714. The van der Waals surface area contributed by atoms with Crippen LogP contribution < -0.4 is 5.43 Å². The highest BCUT2D eigenvalue weighted by atomic mass is 79.9. The van der Waals surface area contributed by atoms with Crippen molar-refractivity contribution >= 4 is 55.4 Å². The number of phenols is 1. The third-order valence-electron chi connectivity index (χ3n) is 2.62. The van der Waals surface area contributed by atoms with Crippen LogP contribution in [-0.2, 0) is 0 Å². The summed E-state index contributed by atoms with van der Waals surface area (Å²) in [5.74, 6) is 0.167. The second-order valence-corrected chi connectivity index (χ2v) is 6.28. The fourth-order valence-electron chi connectivity index (χ4n) is 1.50. The molecule has 3 nitrogen and oxygen atoms in total. The van der Waals surface area contributed by atoms with Crippen LogP contribution in [0.25, 0.3) is 0 Å². The van der Waals surface area contributed by atoms with Gasteiger partial charge in [0.1, 0.15) is 5.75 Å². The summed E-state index contributed by atoms with van der Waals surface area (Å²) in [5.41, 5.74) is 5.58. The number of hydrazone groups is 1. The smallest absolute Gasteiger partial charge is 0.143 e. The number of anilines is 1. The molecule has 0 bridgehead atoms. The Labute approximate surface area is 138 Å². The number of aryl methyl sites for hydroxylation is 1. The van der Waals surface area contributed by atoms with E-state index in [0.29, 0.717) is 14.0 Å². The first kappa shape index (κ1) is 15.4. The van der Waals surface area contributed by atoms with E-state index in [1.807, 2.05) is 25.1 Å². The highest BCUT2D eigenvalue weighted by molar-refractivity contribution is 9.11. The summed E-state index contributed by atoms with van der Waals surface area (Å²) in [7, 11) is 0. The Morgan fingerprint density at radius 1 is 1.20 bits per heavy atom. The Hall–Kier alpha value is -1.04. The minimum atomic E-state index is 0.167. The van der Waals surface area contributed by atoms with Crippen LogP contribution in [0.3, 0.4) is 0 Å². The van der Waals surface area contributed by atoms with Gasteiger partial charge in [-0.1, -0.05) is 17.7 Å². The predicted molar refractivity (Wildman–Crippen MR) is 90.9 cm³/mol. The third kappa shape index (κ3) is 3.75. The van der Waals surface area contributed by atoms with Gasteiger partial charge in [-0.05, 0) is 74.2 Å². The first-order valence-electron chi connectivity index (χ1n) is 5.70. The molecule has 0 saturated carbocycles. The van der Waals surface area contributed by atoms with E-state index >= 15 is 0 Å². The lowest BCUT2D eigenvalue weighted by molar-refractivity contribution is 0.468. The van der Waals surface area contributed by atoms with E-state index in [4.69, 9.17) is 11.6 Å². The molecular formula is C14H11Br2ClN2O. The summed E-state index contributed by atoms with van der Waals surface area (Å²) < 4.78 is 1.21. The number of rotatable bonds is 3. The fourth-order valence-corrected chi connectivity index (χ4v) is 2.91. The Morgan fingerprint density at radius 2 is 1.85 bits per heavy atom. The molecule has 0 saturated heterocycles. The van der Waals surface area contributed by atoms with Crippen LogP contribution in [0, 0.1) is 6.92 Å². The van der Waals surface area contributed by atoms with Gasteiger partial charge in [0.05, 0.1) is 20.8 Å². The summed E-state index contributed by atoms with van der Waals surface area (Å²) in [6.07, 6.45) is 1.66. The van der Waals surface area contributed by atoms with Crippen LogP contribution >= 0.6 is 43.5 Å². The van der Waals surface area contributed by atoms with Crippen molar-refractivity contribution in [2.45, 2.75) is 6.92 Å². The number of hydrogen-bond acceptors (Lipinski definition) is 3. The molecule has 0 aliphatic carbocycles. The van der Waals surface area contributed by atoms with Gasteiger partial charge in [-0.2, -0.15) is 5.10 Å². The summed E-state index contributed by atoms with van der Waals surface area (Å²) in [6.45, 7) is 1.95. The Kier molecular flexibility index (Phi) is 5.07. The quantitative estimate of drug-likeness (QED) is 0.523. The molecule has 2 aromatic carbocycles. The van der Waals surface area contributed by atoms with E-state index in [1.54, 1.807) is 18.3 Å². The number of benzene rings is 2. The zero-order chi connectivity index (χ0) is 14.7. The summed E-state index contributed by atoms with van der Waals surface area (Å²) >= 11 is 12.6. The molecule has 2 N–H and O–H groups in total. The van der Waals surface area contributed by atoms with Crippen molar-refractivity contribution in [2.75, 3.05) is 5.43 Å². The molecule has 0 radical (unpaired) electrons. The Bertz CT molecular complexity index is 651. The van der Waals surface area contributed by atoms with Gasteiger partial charge in [0.25, 0.3) is 0 Å². The average molecular weight is 419 g/mol. The van der Waals surface area contributed by atoms with Gasteiger partial charge < -0.3 is 5.11 Å². The molecule has 6 heteroatoms. The third-order valence-corrected chi connectivity index (χ3v) is 4.23. The van der Waals surface area contributed by atoms with Gasteiger partial charge in [-0.15, -0.1) is 0 Å². The predicted octanol–water partition coefficient (Wildman–Crippen LogP) is 5.33. The van der Waals surface area contributed by atoms with Gasteiger partial charge >= 0.3 is 0 Å². The maximum absolute atomic E-state index is 9.62. The standard InChI is InChI=1S/C14H11Br2ClN2O/c1-8-2-3-10(6-13(8)17)19-18-7-9-4-11(15)14(20)12(16)5-9/h2-7,19-20H,1H3. The molecule has 0 atom stereocenters. The largest absolute Gasteiger partial charge is 0.506 e. The second kappa shape index (κ2) is 6.61. The molecule has 0 amide bonds. The van der Waals surface area contributed by atoms with Crippen molar-refractivity contribution in [2.24, 2.45) is 5.10 Å². The van der Waals surface area contributed by atoms with Crippen molar-refractivity contribution in [3.63, 3.8) is 0 Å². The Morgan fingerprint density at radius 3 is 2.45 bits per heavy atom. The molecule has 104 valence electrons. The van der Waals surface area contributed by atoms with E-state index in [2.05, 4.69) is 42.4 Å². The lowest BCUT2D eigenvalue weighted by Crippen LogP contribution is -1.91. The number of phenolic OH excluding ortho intramolecular Hbond substituents is 1. The normalized spacial score (nSPS) is 11.0. The lowest BCUT2D eigenvalue weighted by Gasteiger charge is -2.04. The molecule has 0 aliphatic rings. The summed E-state index contributed by atoms with van der Waals surface area (Å²) in [6, 6.07) is 9.19. The maximum atomic E-state index is 9.62. The maximum Gasteiger partial charge on any atom is 0.143 e. The van der Waals surface area contributed by atoms with Gasteiger partial charge in [0, 0.05) is 5.02 Å². The number of aromatic hydroxyl groups is 1. The number of nitrogens with one attached hydrogen (secondary N) is 1. The van der Waals surface area contributed by atoms with Gasteiger partial charge in [0.15, 0.2) is 0 Å². The van der Waals surface area contributed by atoms with Crippen LogP contribution in [0.5, 0.6) is 5.75 Å².